The number of anilines is 1. The Morgan fingerprint density at radius 2 is 1.93 bits per heavy atom. The highest BCUT2D eigenvalue weighted by Gasteiger charge is 2.50. The number of fused-ring (bicyclic) bond motifs is 1. The SMILES string of the molecule is COC1=C(C)C=NC2=[N+](C)C(=O)N(CC(=O)Nc3ccc(OC)cc3OC)C(=O)C12. The lowest BCUT2D eigenvalue weighted by Crippen LogP contribution is -2.56. The molecule has 3 rings (SSSR count). The lowest BCUT2D eigenvalue weighted by atomic mass is 9.96. The molecule has 0 saturated heterocycles. The van der Waals surface area contributed by atoms with E-state index in [0.717, 1.165) is 4.90 Å². The molecule has 158 valence electrons. The van der Waals surface area contributed by atoms with Gasteiger partial charge in [0.15, 0.2) is 12.5 Å². The van der Waals surface area contributed by atoms with Crippen molar-refractivity contribution in [1.82, 2.24) is 4.90 Å². The Labute approximate surface area is 173 Å². The van der Waals surface area contributed by atoms with Crippen molar-refractivity contribution in [2.24, 2.45) is 10.9 Å². The Kier molecular flexibility index (Phi) is 5.86. The minimum Gasteiger partial charge on any atom is -0.499 e. The highest BCUT2D eigenvalue weighted by atomic mass is 16.5. The van der Waals surface area contributed by atoms with Gasteiger partial charge in [0.2, 0.25) is 0 Å². The maximum atomic E-state index is 13.1. The lowest BCUT2D eigenvalue weighted by Gasteiger charge is -2.28. The Hall–Kier alpha value is -3.69. The summed E-state index contributed by atoms with van der Waals surface area (Å²) in [4.78, 5) is 43.5. The summed E-state index contributed by atoms with van der Waals surface area (Å²) in [6.45, 7) is 1.29. The fourth-order valence-electron chi connectivity index (χ4n) is 3.34. The molecule has 0 radical (unpaired) electrons. The second kappa shape index (κ2) is 8.36. The first-order valence-corrected chi connectivity index (χ1v) is 9.09. The Morgan fingerprint density at radius 3 is 2.57 bits per heavy atom. The quantitative estimate of drug-likeness (QED) is 0.701. The van der Waals surface area contributed by atoms with Crippen LogP contribution in [0.3, 0.4) is 0 Å². The number of allylic oxidation sites excluding steroid dienone is 1. The van der Waals surface area contributed by atoms with Crippen molar-refractivity contribution in [3.63, 3.8) is 0 Å². The van der Waals surface area contributed by atoms with Crippen molar-refractivity contribution in [1.29, 1.82) is 0 Å². The fourth-order valence-corrected chi connectivity index (χ4v) is 3.34. The Bertz CT molecular complexity index is 1010. The predicted octanol–water partition coefficient (Wildman–Crippen LogP) is 1.27. The zero-order valence-corrected chi connectivity index (χ0v) is 17.4. The van der Waals surface area contributed by atoms with Gasteiger partial charge >= 0.3 is 11.9 Å². The third-order valence-electron chi connectivity index (χ3n) is 4.88. The van der Waals surface area contributed by atoms with Crippen LogP contribution in [-0.4, -0.2) is 74.3 Å². The van der Waals surface area contributed by atoms with Crippen molar-refractivity contribution >= 4 is 35.6 Å². The maximum Gasteiger partial charge on any atom is 0.446 e. The van der Waals surface area contributed by atoms with E-state index < -0.39 is 30.3 Å². The van der Waals surface area contributed by atoms with Crippen LogP contribution < -0.4 is 14.8 Å². The fraction of sp³-hybridized carbons (Fsp3) is 0.350. The summed E-state index contributed by atoms with van der Waals surface area (Å²) >= 11 is 0. The average Bonchev–Trinajstić information content (AvgIpc) is 2.75. The van der Waals surface area contributed by atoms with Crippen LogP contribution >= 0.6 is 0 Å². The van der Waals surface area contributed by atoms with Crippen molar-refractivity contribution < 1.29 is 33.2 Å². The molecule has 2 aliphatic heterocycles. The molecule has 1 aromatic rings. The highest BCUT2D eigenvalue weighted by molar-refractivity contribution is 6.17. The van der Waals surface area contributed by atoms with Crippen LogP contribution in [0.1, 0.15) is 6.92 Å². The Morgan fingerprint density at radius 1 is 1.20 bits per heavy atom. The van der Waals surface area contributed by atoms with Gasteiger partial charge in [0.1, 0.15) is 23.5 Å². The number of aliphatic imine (C=N–C) groups is 1. The van der Waals surface area contributed by atoms with E-state index in [2.05, 4.69) is 10.3 Å². The first-order chi connectivity index (χ1) is 14.3. The van der Waals surface area contributed by atoms with Crippen LogP contribution in [0.2, 0.25) is 0 Å². The topological polar surface area (TPSA) is 110 Å². The molecule has 1 N–H and O–H groups in total. The van der Waals surface area contributed by atoms with Crippen LogP contribution in [0.4, 0.5) is 10.5 Å². The van der Waals surface area contributed by atoms with Crippen molar-refractivity contribution in [3.8, 4) is 11.5 Å². The molecule has 0 spiro atoms. The number of hydrogen-bond acceptors (Lipinski definition) is 7. The summed E-state index contributed by atoms with van der Waals surface area (Å²) in [7, 11) is 5.92. The first kappa shape index (κ1) is 21.0. The highest BCUT2D eigenvalue weighted by Crippen LogP contribution is 2.30. The summed E-state index contributed by atoms with van der Waals surface area (Å²) in [5.41, 5.74) is 1.06. The van der Waals surface area contributed by atoms with Crippen LogP contribution in [0.5, 0.6) is 11.5 Å². The number of urea groups is 1. The zero-order valence-electron chi connectivity index (χ0n) is 17.4. The van der Waals surface area contributed by atoms with Crippen LogP contribution in [0.25, 0.3) is 0 Å². The summed E-state index contributed by atoms with van der Waals surface area (Å²) in [5.74, 6) is -0.413. The van der Waals surface area contributed by atoms with Gasteiger partial charge in [-0.15, -0.1) is 4.99 Å². The number of carbonyl (C=O) groups excluding carboxylic acids is 3. The van der Waals surface area contributed by atoms with Gasteiger partial charge in [-0.05, 0) is 19.1 Å². The molecule has 1 unspecified atom stereocenters. The molecule has 0 aromatic heterocycles. The molecule has 1 atom stereocenters. The second-order valence-corrected chi connectivity index (χ2v) is 6.68. The second-order valence-electron chi connectivity index (χ2n) is 6.68. The van der Waals surface area contributed by atoms with E-state index >= 15 is 0 Å². The van der Waals surface area contributed by atoms with Crippen molar-refractivity contribution in [3.05, 3.63) is 29.5 Å². The van der Waals surface area contributed by atoms with Crippen LogP contribution in [0.15, 0.2) is 34.5 Å². The number of carbonyl (C=O) groups is 3. The molecule has 0 fully saturated rings. The van der Waals surface area contributed by atoms with E-state index in [1.54, 1.807) is 31.3 Å². The monoisotopic (exact) mass is 415 g/mol. The van der Waals surface area contributed by atoms with E-state index in [9.17, 15) is 14.4 Å². The number of ether oxygens (including phenoxy) is 3. The number of imide groups is 1. The van der Waals surface area contributed by atoms with Gasteiger partial charge in [-0.25, -0.2) is 4.79 Å². The first-order valence-electron chi connectivity index (χ1n) is 9.09. The molecule has 0 saturated carbocycles. The number of nitrogens with zero attached hydrogens (tertiary/aromatic N) is 3. The third-order valence-corrected chi connectivity index (χ3v) is 4.88. The van der Waals surface area contributed by atoms with Gasteiger partial charge in [0.25, 0.3) is 11.7 Å². The Balaban J connectivity index is 1.84. The van der Waals surface area contributed by atoms with Gasteiger partial charge < -0.3 is 19.5 Å². The van der Waals surface area contributed by atoms with E-state index in [1.807, 2.05) is 0 Å². The van der Waals surface area contributed by atoms with E-state index in [1.165, 1.54) is 33.0 Å². The standard InChI is InChI=1S/C20H22N4O6/c1-11-9-21-18-16(17(11)30-5)19(26)24(20(27)23(18)2)10-15(25)22-13-7-6-12(28-3)8-14(13)29-4/h6-9,16H,10H2,1-5H3/p+1. The number of methoxy groups -OCH3 is 3. The van der Waals surface area contributed by atoms with Crippen LogP contribution in [0, 0.1) is 5.92 Å². The summed E-state index contributed by atoms with van der Waals surface area (Å²) in [6, 6.07) is 4.23. The molecule has 0 aliphatic carbocycles. The van der Waals surface area contributed by atoms with Gasteiger partial charge in [-0.1, -0.05) is 0 Å². The smallest absolute Gasteiger partial charge is 0.446 e. The molecule has 30 heavy (non-hydrogen) atoms. The van der Waals surface area contributed by atoms with E-state index in [4.69, 9.17) is 14.2 Å². The third kappa shape index (κ3) is 3.63. The molecule has 2 aliphatic rings. The normalized spacial score (nSPS) is 18.4. The molecule has 10 heteroatoms. The predicted molar refractivity (Wildman–Crippen MR) is 108 cm³/mol. The number of hydrogen-bond donors (Lipinski definition) is 1. The van der Waals surface area contributed by atoms with Gasteiger partial charge in [0.05, 0.1) is 34.1 Å². The van der Waals surface area contributed by atoms with Gasteiger partial charge in [0, 0.05) is 11.6 Å². The summed E-state index contributed by atoms with van der Waals surface area (Å²) in [6.07, 6.45) is 1.54. The van der Waals surface area contributed by atoms with Crippen molar-refractivity contribution in [2.45, 2.75) is 6.92 Å². The molecule has 0 bridgehead atoms. The molecule has 1 aromatic carbocycles. The molecular formula is C20H23N4O6+. The van der Waals surface area contributed by atoms with Crippen molar-refractivity contribution in [2.75, 3.05) is 40.2 Å². The number of amides is 4. The van der Waals surface area contributed by atoms with Crippen LogP contribution in [-0.2, 0) is 14.3 Å². The van der Waals surface area contributed by atoms with E-state index in [0.29, 0.717) is 28.5 Å². The summed E-state index contributed by atoms with van der Waals surface area (Å²) < 4.78 is 17.0. The number of dihydropyridines is 1. The minimum atomic E-state index is -0.883. The lowest BCUT2D eigenvalue weighted by molar-refractivity contribution is -0.408. The molecule has 2 heterocycles. The largest absolute Gasteiger partial charge is 0.499 e. The minimum absolute atomic E-state index is 0.265. The maximum absolute atomic E-state index is 13.1. The number of benzene rings is 1. The van der Waals surface area contributed by atoms with E-state index in [-0.39, 0.29) is 5.84 Å². The summed E-state index contributed by atoms with van der Waals surface area (Å²) in [5, 5.41) is 2.66. The number of nitrogens with one attached hydrogen (secondary N) is 1. The average molecular weight is 415 g/mol. The number of amidine groups is 1. The number of rotatable bonds is 6. The van der Waals surface area contributed by atoms with Gasteiger partial charge in [-0.3, -0.25) is 9.59 Å². The zero-order chi connectivity index (χ0) is 22.0. The molecular weight excluding hydrogens is 392 g/mol. The molecule has 4 amide bonds. The van der Waals surface area contributed by atoms with Gasteiger partial charge in [-0.2, -0.15) is 9.48 Å². The molecule has 10 nitrogen and oxygen atoms in total.